The largest absolute Gasteiger partial charge is 0.345 e. The van der Waals surface area contributed by atoms with Crippen LogP contribution >= 0.6 is 28.1 Å². The van der Waals surface area contributed by atoms with Gasteiger partial charge in [-0.15, -0.1) is 0 Å². The van der Waals surface area contributed by atoms with Crippen molar-refractivity contribution >= 4 is 44.6 Å². The van der Waals surface area contributed by atoms with E-state index < -0.39 is 4.92 Å². The Morgan fingerprint density at radius 2 is 2.00 bits per heavy atom. The third-order valence-corrected chi connectivity index (χ3v) is 4.42. The number of nitrogens with zero attached hydrogens (tertiary/aromatic N) is 2. The number of rotatable bonds is 4. The molecule has 120 valence electrons. The molecule has 7 heteroatoms. The molecule has 5 nitrogen and oxygen atoms in total. The third-order valence-electron chi connectivity index (χ3n) is 3.54. The van der Waals surface area contributed by atoms with Gasteiger partial charge in [0.1, 0.15) is 0 Å². The van der Waals surface area contributed by atoms with Gasteiger partial charge < -0.3 is 10.2 Å². The highest BCUT2D eigenvalue weighted by Crippen LogP contribution is 2.24. The van der Waals surface area contributed by atoms with Gasteiger partial charge in [-0.3, -0.25) is 10.1 Å². The van der Waals surface area contributed by atoms with Crippen molar-refractivity contribution in [2.24, 2.45) is 0 Å². The number of non-ortho nitro benzene ring substituents is 1. The number of nitrogens with one attached hydrogen (secondary N) is 1. The number of hydrogen-bond donors (Lipinski definition) is 1. The Bertz CT molecular complexity index is 739. The molecule has 2 aromatic rings. The SMILES string of the molecule is C[C@@H](c1cccc([N+](=O)[O-])c1)N(C)C(=S)Nc1cccc(Br)c1. The van der Waals surface area contributed by atoms with Crippen molar-refractivity contribution in [1.82, 2.24) is 4.90 Å². The summed E-state index contributed by atoms with van der Waals surface area (Å²) in [6.07, 6.45) is 0. The molecule has 0 aliphatic heterocycles. The highest BCUT2D eigenvalue weighted by atomic mass is 79.9. The maximum atomic E-state index is 10.9. The first kappa shape index (κ1) is 17.4. The third kappa shape index (κ3) is 4.49. The van der Waals surface area contributed by atoms with Gasteiger partial charge in [0.2, 0.25) is 0 Å². The van der Waals surface area contributed by atoms with Gasteiger partial charge in [0, 0.05) is 29.3 Å². The number of benzene rings is 2. The standard InChI is InChI=1S/C16H16BrN3O2S/c1-11(12-5-3-8-15(9-12)20(21)22)19(2)16(23)18-14-7-4-6-13(17)10-14/h3-11H,1-2H3,(H,18,23)/t11-/m0/s1. The monoisotopic (exact) mass is 393 g/mol. The second-order valence-electron chi connectivity index (χ2n) is 5.08. The molecule has 23 heavy (non-hydrogen) atoms. The lowest BCUT2D eigenvalue weighted by Gasteiger charge is -2.28. The number of thiocarbonyl (C=S) groups is 1. The minimum Gasteiger partial charge on any atom is -0.345 e. The molecule has 1 N–H and O–H groups in total. The van der Waals surface area contributed by atoms with E-state index in [9.17, 15) is 10.1 Å². The molecule has 0 heterocycles. The van der Waals surface area contributed by atoms with Crippen LogP contribution in [0.5, 0.6) is 0 Å². The van der Waals surface area contributed by atoms with Crippen molar-refractivity contribution < 1.29 is 4.92 Å². The predicted molar refractivity (Wildman–Crippen MR) is 99.6 cm³/mol. The van der Waals surface area contributed by atoms with Crippen molar-refractivity contribution in [2.75, 3.05) is 12.4 Å². The number of anilines is 1. The number of nitro benzene ring substituents is 1. The number of halogens is 1. The van der Waals surface area contributed by atoms with Crippen LogP contribution in [0.3, 0.4) is 0 Å². The first-order chi connectivity index (χ1) is 10.9. The Balaban J connectivity index is 2.12. The van der Waals surface area contributed by atoms with E-state index in [1.54, 1.807) is 12.1 Å². The lowest BCUT2D eigenvalue weighted by molar-refractivity contribution is -0.384. The van der Waals surface area contributed by atoms with Crippen LogP contribution < -0.4 is 5.32 Å². The van der Waals surface area contributed by atoms with Gasteiger partial charge in [0.25, 0.3) is 5.69 Å². The van der Waals surface area contributed by atoms with E-state index in [1.165, 1.54) is 6.07 Å². The first-order valence-corrected chi connectivity index (χ1v) is 8.12. The average Bonchev–Trinajstić information content (AvgIpc) is 2.53. The Morgan fingerprint density at radius 1 is 1.30 bits per heavy atom. The topological polar surface area (TPSA) is 58.4 Å². The molecule has 0 aromatic heterocycles. The zero-order valence-corrected chi connectivity index (χ0v) is 15.1. The quantitative estimate of drug-likeness (QED) is 0.461. The molecule has 0 aliphatic carbocycles. The second kappa shape index (κ2) is 7.52. The molecule has 0 spiro atoms. The molecule has 0 unspecified atom stereocenters. The van der Waals surface area contributed by atoms with Crippen LogP contribution in [0, 0.1) is 10.1 Å². The van der Waals surface area contributed by atoms with Crippen LogP contribution in [0.2, 0.25) is 0 Å². The Labute approximate surface area is 148 Å². The number of hydrogen-bond acceptors (Lipinski definition) is 3. The molecule has 0 saturated heterocycles. The van der Waals surface area contributed by atoms with Gasteiger partial charge in [0.15, 0.2) is 5.11 Å². The van der Waals surface area contributed by atoms with Crippen LogP contribution in [-0.2, 0) is 0 Å². The molecule has 2 aromatic carbocycles. The molecule has 0 bridgehead atoms. The summed E-state index contributed by atoms with van der Waals surface area (Å²) in [5.41, 5.74) is 1.79. The highest BCUT2D eigenvalue weighted by Gasteiger charge is 2.17. The summed E-state index contributed by atoms with van der Waals surface area (Å²) in [6, 6.07) is 14.2. The number of nitro groups is 1. The zero-order chi connectivity index (χ0) is 17.0. The lowest BCUT2D eigenvalue weighted by Crippen LogP contribution is -2.33. The second-order valence-corrected chi connectivity index (χ2v) is 6.38. The summed E-state index contributed by atoms with van der Waals surface area (Å²) >= 11 is 8.84. The molecule has 0 fully saturated rings. The van der Waals surface area contributed by atoms with E-state index in [4.69, 9.17) is 12.2 Å². The Kier molecular flexibility index (Phi) is 5.68. The van der Waals surface area contributed by atoms with Gasteiger partial charge >= 0.3 is 0 Å². The normalized spacial score (nSPS) is 11.6. The summed E-state index contributed by atoms with van der Waals surface area (Å²) < 4.78 is 0.958. The minimum absolute atomic E-state index is 0.0774. The maximum absolute atomic E-state index is 10.9. The van der Waals surface area contributed by atoms with Crippen LogP contribution in [0.1, 0.15) is 18.5 Å². The van der Waals surface area contributed by atoms with E-state index in [-0.39, 0.29) is 11.7 Å². The maximum Gasteiger partial charge on any atom is 0.269 e. The zero-order valence-electron chi connectivity index (χ0n) is 12.7. The van der Waals surface area contributed by atoms with Gasteiger partial charge in [0.05, 0.1) is 11.0 Å². The molecule has 1 atom stereocenters. The van der Waals surface area contributed by atoms with E-state index in [1.807, 2.05) is 49.2 Å². The van der Waals surface area contributed by atoms with E-state index in [2.05, 4.69) is 21.2 Å². The van der Waals surface area contributed by atoms with Crippen molar-refractivity contribution in [3.8, 4) is 0 Å². The summed E-state index contributed by atoms with van der Waals surface area (Å²) in [5.74, 6) is 0. The van der Waals surface area contributed by atoms with Gasteiger partial charge in [-0.1, -0.05) is 34.1 Å². The minimum atomic E-state index is -0.395. The average molecular weight is 394 g/mol. The molecule has 0 saturated carbocycles. The van der Waals surface area contributed by atoms with Crippen molar-refractivity contribution in [2.45, 2.75) is 13.0 Å². The van der Waals surface area contributed by atoms with Gasteiger partial charge in [-0.25, -0.2) is 0 Å². The first-order valence-electron chi connectivity index (χ1n) is 6.92. The molecule has 0 amide bonds. The molecule has 2 rings (SSSR count). The predicted octanol–water partition coefficient (Wildman–Crippen LogP) is 4.75. The molecule has 0 radical (unpaired) electrons. The van der Waals surface area contributed by atoms with Crippen LogP contribution in [-0.4, -0.2) is 22.0 Å². The summed E-state index contributed by atoms with van der Waals surface area (Å²) in [5, 5.41) is 14.6. The van der Waals surface area contributed by atoms with Crippen LogP contribution in [0.4, 0.5) is 11.4 Å². The summed E-state index contributed by atoms with van der Waals surface area (Å²) in [7, 11) is 1.86. The van der Waals surface area contributed by atoms with Crippen molar-refractivity contribution in [3.05, 3.63) is 68.7 Å². The van der Waals surface area contributed by atoms with E-state index in [0.29, 0.717) is 5.11 Å². The molecular formula is C16H16BrN3O2S. The fourth-order valence-corrected chi connectivity index (χ4v) is 2.75. The van der Waals surface area contributed by atoms with E-state index >= 15 is 0 Å². The smallest absolute Gasteiger partial charge is 0.269 e. The van der Waals surface area contributed by atoms with Gasteiger partial charge in [-0.2, -0.15) is 0 Å². The molecule has 0 aliphatic rings. The van der Waals surface area contributed by atoms with Crippen LogP contribution in [0.15, 0.2) is 53.0 Å². The lowest BCUT2D eigenvalue weighted by atomic mass is 10.1. The van der Waals surface area contributed by atoms with Gasteiger partial charge in [-0.05, 0) is 42.9 Å². The Hall–Kier alpha value is -1.99. The fourth-order valence-electron chi connectivity index (χ4n) is 2.08. The van der Waals surface area contributed by atoms with Crippen molar-refractivity contribution in [3.63, 3.8) is 0 Å². The Morgan fingerprint density at radius 3 is 2.65 bits per heavy atom. The molecular weight excluding hydrogens is 378 g/mol. The summed E-state index contributed by atoms with van der Waals surface area (Å²) in [6.45, 7) is 1.95. The van der Waals surface area contributed by atoms with E-state index in [0.717, 1.165) is 15.7 Å². The van der Waals surface area contributed by atoms with Crippen molar-refractivity contribution in [1.29, 1.82) is 0 Å². The highest BCUT2D eigenvalue weighted by molar-refractivity contribution is 9.10. The van der Waals surface area contributed by atoms with Crippen LogP contribution in [0.25, 0.3) is 0 Å². The fraction of sp³-hybridized carbons (Fsp3) is 0.188. The summed E-state index contributed by atoms with van der Waals surface area (Å²) in [4.78, 5) is 12.4.